The fourth-order valence-electron chi connectivity index (χ4n) is 2.94. The number of amides is 2. The summed E-state index contributed by atoms with van der Waals surface area (Å²) in [6.07, 6.45) is 3.99. The van der Waals surface area contributed by atoms with E-state index < -0.39 is 5.60 Å². The Morgan fingerprint density at radius 2 is 2.22 bits per heavy atom. The van der Waals surface area contributed by atoms with Gasteiger partial charge in [0.25, 0.3) is 5.91 Å². The van der Waals surface area contributed by atoms with Crippen LogP contribution in [-0.4, -0.2) is 54.5 Å². The maximum atomic E-state index is 12.6. The molecule has 1 aliphatic heterocycles. The first-order valence-corrected chi connectivity index (χ1v) is 7.73. The van der Waals surface area contributed by atoms with E-state index in [0.717, 1.165) is 12.8 Å². The quantitative estimate of drug-likeness (QED) is 0.827. The molecule has 0 radical (unpaired) electrons. The fraction of sp³-hybridized carbons (Fsp3) is 0.562. The lowest BCUT2D eigenvalue weighted by Crippen LogP contribution is -2.51. The summed E-state index contributed by atoms with van der Waals surface area (Å²) < 4.78 is 5.68. The molecular formula is C16H23N3O4. The van der Waals surface area contributed by atoms with E-state index in [0.29, 0.717) is 31.5 Å². The van der Waals surface area contributed by atoms with E-state index in [1.165, 1.54) is 18.3 Å². The summed E-state index contributed by atoms with van der Waals surface area (Å²) in [4.78, 5) is 39.4. The minimum atomic E-state index is -0.497. The van der Waals surface area contributed by atoms with Gasteiger partial charge in [-0.05, 0) is 25.3 Å². The first kappa shape index (κ1) is 17.2. The van der Waals surface area contributed by atoms with Crippen LogP contribution in [-0.2, 0) is 9.53 Å². The predicted octanol–water partition coefficient (Wildman–Crippen LogP) is 0.522. The topological polar surface area (TPSA) is 91.5 Å². The number of carbonyl (C=O) groups is 2. The molecule has 2 heterocycles. The SMILES string of the molecule is CNC(=O)CC[C@]1(OC)CCCN(C(=O)c2ccc(=O)[nH]c2)C1. The van der Waals surface area contributed by atoms with Crippen LogP contribution >= 0.6 is 0 Å². The zero-order chi connectivity index (χ0) is 16.9. The van der Waals surface area contributed by atoms with Crippen molar-refractivity contribution in [3.63, 3.8) is 0 Å². The number of methoxy groups -OCH3 is 1. The first-order chi connectivity index (χ1) is 11.0. The zero-order valence-electron chi connectivity index (χ0n) is 13.6. The molecule has 1 aliphatic rings. The van der Waals surface area contributed by atoms with E-state index in [1.807, 2.05) is 0 Å². The number of carbonyl (C=O) groups excluding carboxylic acids is 2. The standard InChI is InChI=1S/C16H23N3O4/c1-17-13(20)6-8-16(23-2)7-3-9-19(11-16)15(22)12-4-5-14(21)18-10-12/h4-5,10H,3,6-9,11H2,1-2H3,(H,17,20)(H,18,21)/t16-/m1/s1. The highest BCUT2D eigenvalue weighted by Gasteiger charge is 2.37. The third-order valence-corrected chi connectivity index (χ3v) is 4.38. The fourth-order valence-corrected chi connectivity index (χ4v) is 2.94. The van der Waals surface area contributed by atoms with Gasteiger partial charge in [0, 0.05) is 45.9 Å². The van der Waals surface area contributed by atoms with Crippen LogP contribution in [0.15, 0.2) is 23.1 Å². The minimum absolute atomic E-state index is 0.0366. The molecule has 0 unspecified atom stereocenters. The molecule has 0 aromatic carbocycles. The van der Waals surface area contributed by atoms with Gasteiger partial charge in [0.15, 0.2) is 0 Å². The number of ether oxygens (including phenoxy) is 1. The van der Waals surface area contributed by atoms with Gasteiger partial charge in [0.05, 0.1) is 11.2 Å². The van der Waals surface area contributed by atoms with Crippen LogP contribution < -0.4 is 10.9 Å². The summed E-state index contributed by atoms with van der Waals surface area (Å²) in [7, 11) is 3.23. The second kappa shape index (κ2) is 7.41. The smallest absolute Gasteiger partial charge is 0.255 e. The van der Waals surface area contributed by atoms with E-state index in [9.17, 15) is 14.4 Å². The van der Waals surface area contributed by atoms with Crippen LogP contribution in [0.1, 0.15) is 36.0 Å². The molecule has 0 saturated carbocycles. The number of pyridine rings is 1. The van der Waals surface area contributed by atoms with Crippen LogP contribution in [0.5, 0.6) is 0 Å². The molecule has 1 aromatic heterocycles. The lowest BCUT2D eigenvalue weighted by atomic mass is 9.87. The van der Waals surface area contributed by atoms with Crippen molar-refractivity contribution in [1.29, 1.82) is 0 Å². The highest BCUT2D eigenvalue weighted by molar-refractivity contribution is 5.94. The number of nitrogens with zero attached hydrogens (tertiary/aromatic N) is 1. The molecule has 1 atom stereocenters. The van der Waals surface area contributed by atoms with Gasteiger partial charge in [-0.1, -0.05) is 0 Å². The molecule has 7 heteroatoms. The van der Waals surface area contributed by atoms with Gasteiger partial charge >= 0.3 is 0 Å². The van der Waals surface area contributed by atoms with Crippen molar-refractivity contribution in [3.05, 3.63) is 34.2 Å². The van der Waals surface area contributed by atoms with Crippen LogP contribution in [0.4, 0.5) is 0 Å². The first-order valence-electron chi connectivity index (χ1n) is 7.73. The summed E-state index contributed by atoms with van der Waals surface area (Å²) in [5, 5.41) is 2.60. The summed E-state index contributed by atoms with van der Waals surface area (Å²) in [5.74, 6) is -0.173. The van der Waals surface area contributed by atoms with Gasteiger partial charge in [-0.25, -0.2) is 0 Å². The third-order valence-electron chi connectivity index (χ3n) is 4.38. The second-order valence-electron chi connectivity index (χ2n) is 5.83. The van der Waals surface area contributed by atoms with E-state index in [4.69, 9.17) is 4.74 Å². The minimum Gasteiger partial charge on any atom is -0.376 e. The number of hydrogen-bond donors (Lipinski definition) is 2. The molecule has 1 aromatic rings. The van der Waals surface area contributed by atoms with Crippen molar-refractivity contribution < 1.29 is 14.3 Å². The molecule has 0 spiro atoms. The van der Waals surface area contributed by atoms with Crippen LogP contribution in [0.2, 0.25) is 0 Å². The molecule has 0 bridgehead atoms. The van der Waals surface area contributed by atoms with Gasteiger partial charge in [-0.15, -0.1) is 0 Å². The van der Waals surface area contributed by atoms with E-state index in [-0.39, 0.29) is 17.4 Å². The van der Waals surface area contributed by atoms with Crippen molar-refractivity contribution in [2.45, 2.75) is 31.3 Å². The molecule has 2 rings (SSSR count). The summed E-state index contributed by atoms with van der Waals surface area (Å²) >= 11 is 0. The Kier molecular flexibility index (Phi) is 5.54. The van der Waals surface area contributed by atoms with Crippen molar-refractivity contribution in [2.75, 3.05) is 27.2 Å². The van der Waals surface area contributed by atoms with E-state index in [1.54, 1.807) is 19.1 Å². The van der Waals surface area contributed by atoms with Crippen molar-refractivity contribution >= 4 is 11.8 Å². The van der Waals surface area contributed by atoms with Crippen molar-refractivity contribution in [3.8, 4) is 0 Å². The Bertz CT molecular complexity index is 608. The predicted molar refractivity (Wildman–Crippen MR) is 85.2 cm³/mol. The van der Waals surface area contributed by atoms with E-state index >= 15 is 0 Å². The number of hydrogen-bond acceptors (Lipinski definition) is 4. The maximum absolute atomic E-state index is 12.6. The number of aromatic amines is 1. The summed E-state index contributed by atoms with van der Waals surface area (Å²) in [6.45, 7) is 1.08. The average molecular weight is 321 g/mol. The van der Waals surface area contributed by atoms with Gasteiger partial charge in [0.2, 0.25) is 11.5 Å². The highest BCUT2D eigenvalue weighted by atomic mass is 16.5. The van der Waals surface area contributed by atoms with Gasteiger partial charge in [-0.2, -0.15) is 0 Å². The highest BCUT2D eigenvalue weighted by Crippen LogP contribution is 2.30. The van der Waals surface area contributed by atoms with Crippen LogP contribution in [0, 0.1) is 0 Å². The van der Waals surface area contributed by atoms with Gasteiger partial charge < -0.3 is 19.9 Å². The molecule has 7 nitrogen and oxygen atoms in total. The number of H-pyrrole nitrogens is 1. The lowest BCUT2D eigenvalue weighted by molar-refractivity contribution is -0.123. The van der Waals surface area contributed by atoms with Crippen molar-refractivity contribution in [1.82, 2.24) is 15.2 Å². The Hall–Kier alpha value is -2.15. The largest absolute Gasteiger partial charge is 0.376 e. The molecule has 1 saturated heterocycles. The van der Waals surface area contributed by atoms with Crippen LogP contribution in [0.25, 0.3) is 0 Å². The Morgan fingerprint density at radius 1 is 1.43 bits per heavy atom. The molecule has 1 fully saturated rings. The number of likely N-dealkylation sites (tertiary alicyclic amines) is 1. The lowest BCUT2D eigenvalue weighted by Gasteiger charge is -2.42. The van der Waals surface area contributed by atoms with Crippen molar-refractivity contribution in [2.24, 2.45) is 0 Å². The van der Waals surface area contributed by atoms with Crippen LogP contribution in [0.3, 0.4) is 0 Å². The Balaban J connectivity index is 2.08. The van der Waals surface area contributed by atoms with Gasteiger partial charge in [-0.3, -0.25) is 14.4 Å². The summed E-state index contributed by atoms with van der Waals surface area (Å²) in [5.41, 5.74) is -0.289. The number of rotatable bonds is 5. The Labute approximate surface area is 135 Å². The second-order valence-corrected chi connectivity index (χ2v) is 5.83. The third kappa shape index (κ3) is 4.19. The normalized spacial score (nSPS) is 21.0. The number of piperidine rings is 1. The number of aromatic nitrogens is 1. The monoisotopic (exact) mass is 321 g/mol. The zero-order valence-corrected chi connectivity index (χ0v) is 13.6. The number of nitrogens with one attached hydrogen (secondary N) is 2. The maximum Gasteiger partial charge on any atom is 0.255 e. The Morgan fingerprint density at radius 3 is 2.83 bits per heavy atom. The molecule has 2 amide bonds. The van der Waals surface area contributed by atoms with E-state index in [2.05, 4.69) is 10.3 Å². The molecule has 0 aliphatic carbocycles. The molecule has 23 heavy (non-hydrogen) atoms. The summed E-state index contributed by atoms with van der Waals surface area (Å²) in [6, 6.07) is 2.86. The molecular weight excluding hydrogens is 298 g/mol. The molecule has 2 N–H and O–H groups in total. The van der Waals surface area contributed by atoms with Gasteiger partial charge in [0.1, 0.15) is 0 Å². The average Bonchev–Trinajstić information content (AvgIpc) is 2.60. The molecule has 126 valence electrons.